The van der Waals surface area contributed by atoms with E-state index in [1.165, 1.54) is 0 Å². The monoisotopic (exact) mass is 522 g/mol. The van der Waals surface area contributed by atoms with E-state index in [0.717, 1.165) is 36.0 Å². The van der Waals surface area contributed by atoms with Crippen LogP contribution in [0.5, 0.6) is 11.5 Å². The van der Waals surface area contributed by atoms with Gasteiger partial charge in [0.2, 0.25) is 0 Å². The molecule has 0 bridgehead atoms. The first-order valence-corrected chi connectivity index (χ1v) is 13.6. The number of halogens is 1. The van der Waals surface area contributed by atoms with Crippen LogP contribution in [0.2, 0.25) is 5.02 Å². The summed E-state index contributed by atoms with van der Waals surface area (Å²) < 4.78 is 13.0. The number of hydrogen-bond donors (Lipinski definition) is 2. The van der Waals surface area contributed by atoms with E-state index < -0.39 is 23.1 Å². The van der Waals surface area contributed by atoms with Gasteiger partial charge >= 0.3 is 0 Å². The highest BCUT2D eigenvalue weighted by Gasteiger charge is 2.69. The molecule has 2 saturated carbocycles. The minimum Gasteiger partial charge on any atom is -0.496 e. The molecule has 0 radical (unpaired) electrons. The number of carbonyl (C=O) groups excluding carboxylic acids is 2. The second-order valence-corrected chi connectivity index (χ2v) is 12.7. The fourth-order valence-electron chi connectivity index (χ4n) is 8.18. The zero-order chi connectivity index (χ0) is 26.5. The Morgan fingerprint density at radius 2 is 1.89 bits per heavy atom. The molecule has 2 aromatic rings. The largest absolute Gasteiger partial charge is 0.496 e. The first-order valence-electron chi connectivity index (χ1n) is 13.2. The molecule has 0 aromatic heterocycles. The predicted octanol–water partition coefficient (Wildman–Crippen LogP) is 5.23. The third-order valence-electron chi connectivity index (χ3n) is 10.3. The van der Waals surface area contributed by atoms with Crippen molar-refractivity contribution in [3.8, 4) is 11.5 Å². The maximum Gasteiger partial charge on any atom is 0.254 e. The number of hydrogen-bond acceptors (Lipinski definition) is 5. The highest BCUT2D eigenvalue weighted by molar-refractivity contribution is 6.34. The van der Waals surface area contributed by atoms with Gasteiger partial charge in [-0.05, 0) is 42.9 Å². The van der Waals surface area contributed by atoms with Crippen LogP contribution in [0.15, 0.2) is 30.3 Å². The van der Waals surface area contributed by atoms with Crippen molar-refractivity contribution in [2.75, 3.05) is 7.11 Å². The van der Waals surface area contributed by atoms with Gasteiger partial charge in [0.25, 0.3) is 5.91 Å². The molecule has 37 heavy (non-hydrogen) atoms. The highest BCUT2D eigenvalue weighted by atomic mass is 35.5. The second kappa shape index (κ2) is 7.97. The van der Waals surface area contributed by atoms with E-state index in [-0.39, 0.29) is 23.0 Å². The normalized spacial score (nSPS) is 35.4. The van der Waals surface area contributed by atoms with E-state index in [1.807, 2.05) is 44.2 Å². The molecule has 2 aliphatic heterocycles. The number of nitrogens with one attached hydrogen (secondary N) is 1. The van der Waals surface area contributed by atoms with Crippen LogP contribution in [0.1, 0.15) is 80.0 Å². The summed E-state index contributed by atoms with van der Waals surface area (Å²) in [6.45, 7) is 8.66. The molecule has 1 spiro atoms. The molecule has 2 heterocycles. The molecule has 2 aliphatic carbocycles. The highest BCUT2D eigenvalue weighted by Crippen LogP contribution is 2.66. The Bertz CT molecular complexity index is 1340. The van der Waals surface area contributed by atoms with Crippen LogP contribution in [0.3, 0.4) is 0 Å². The zero-order valence-corrected chi connectivity index (χ0v) is 22.9. The molecule has 2 aromatic carbocycles. The Labute approximate surface area is 223 Å². The summed E-state index contributed by atoms with van der Waals surface area (Å²) in [4.78, 5) is 26.6. The summed E-state index contributed by atoms with van der Waals surface area (Å²) in [6, 6.07) is 8.54. The van der Waals surface area contributed by atoms with E-state index in [2.05, 4.69) is 19.2 Å². The molecule has 3 N–H and O–H groups in total. The number of para-hydroxylation sites is 1. The lowest BCUT2D eigenvalue weighted by atomic mass is 9.43. The minimum atomic E-state index is -0.632. The lowest BCUT2D eigenvalue weighted by molar-refractivity contribution is -0.211. The second-order valence-electron chi connectivity index (χ2n) is 12.3. The van der Waals surface area contributed by atoms with Gasteiger partial charge in [0.05, 0.1) is 29.8 Å². The Morgan fingerprint density at radius 3 is 2.62 bits per heavy atom. The number of carbonyl (C=O) groups is 2. The van der Waals surface area contributed by atoms with E-state index in [4.69, 9.17) is 26.8 Å². The SMILES string of the molecule is COc1ccccc1C1NC(=O)c2c(Cl)cc3c(c21)O[C@@]12CC(N)C(=O)C(C)(C)[C@@H]1CC[C@H](C)[C@@]2(C)C3. The van der Waals surface area contributed by atoms with Crippen molar-refractivity contribution in [3.63, 3.8) is 0 Å². The number of ketones is 1. The van der Waals surface area contributed by atoms with Gasteiger partial charge < -0.3 is 20.5 Å². The average molecular weight is 523 g/mol. The topological polar surface area (TPSA) is 90.7 Å². The smallest absolute Gasteiger partial charge is 0.254 e. The minimum absolute atomic E-state index is 0.0164. The fraction of sp³-hybridized carbons (Fsp3) is 0.533. The number of rotatable bonds is 2. The Kier molecular flexibility index (Phi) is 5.33. The van der Waals surface area contributed by atoms with E-state index in [1.54, 1.807) is 7.11 Å². The maximum atomic E-state index is 13.3. The Balaban J connectivity index is 1.60. The van der Waals surface area contributed by atoms with Crippen LogP contribution >= 0.6 is 11.6 Å². The maximum absolute atomic E-state index is 13.3. The quantitative estimate of drug-likeness (QED) is 0.563. The summed E-state index contributed by atoms with van der Waals surface area (Å²) in [5.41, 5.74) is 8.14. The molecule has 6 nitrogen and oxygen atoms in total. The lowest BCUT2D eigenvalue weighted by Gasteiger charge is -2.66. The molecular weight excluding hydrogens is 488 g/mol. The molecule has 2 unspecified atom stereocenters. The van der Waals surface area contributed by atoms with Crippen LogP contribution in [0.4, 0.5) is 0 Å². The number of nitrogens with two attached hydrogens (primary N) is 1. The molecular formula is C30H35ClN2O4. The van der Waals surface area contributed by atoms with Gasteiger partial charge in [-0.1, -0.05) is 57.5 Å². The van der Waals surface area contributed by atoms with Crippen LogP contribution in [0, 0.1) is 22.7 Å². The van der Waals surface area contributed by atoms with Crippen molar-refractivity contribution in [3.05, 3.63) is 57.6 Å². The number of ether oxygens (including phenoxy) is 2. The van der Waals surface area contributed by atoms with Gasteiger partial charge in [-0.3, -0.25) is 9.59 Å². The first kappa shape index (κ1) is 24.7. The molecule has 6 atom stereocenters. The van der Waals surface area contributed by atoms with Crippen molar-refractivity contribution >= 4 is 23.3 Å². The number of benzene rings is 2. The molecule has 7 heteroatoms. The van der Waals surface area contributed by atoms with E-state index >= 15 is 0 Å². The van der Waals surface area contributed by atoms with E-state index in [0.29, 0.717) is 34.4 Å². The Morgan fingerprint density at radius 1 is 1.16 bits per heavy atom. The fourth-order valence-corrected chi connectivity index (χ4v) is 8.50. The zero-order valence-electron chi connectivity index (χ0n) is 22.1. The molecule has 196 valence electrons. The van der Waals surface area contributed by atoms with Crippen molar-refractivity contribution in [1.29, 1.82) is 0 Å². The van der Waals surface area contributed by atoms with Gasteiger partial charge in [0.15, 0.2) is 5.78 Å². The summed E-state index contributed by atoms with van der Waals surface area (Å²) in [5, 5.41) is 3.56. The van der Waals surface area contributed by atoms with Crippen molar-refractivity contribution in [2.45, 2.75) is 71.1 Å². The predicted molar refractivity (Wildman–Crippen MR) is 142 cm³/mol. The third kappa shape index (κ3) is 3.09. The van der Waals surface area contributed by atoms with Crippen LogP contribution < -0.4 is 20.5 Å². The average Bonchev–Trinajstić information content (AvgIpc) is 3.20. The van der Waals surface area contributed by atoms with Crippen LogP contribution in [0.25, 0.3) is 0 Å². The van der Waals surface area contributed by atoms with Crippen molar-refractivity contribution < 1.29 is 19.1 Å². The summed E-state index contributed by atoms with van der Waals surface area (Å²) in [5.74, 6) is 1.66. The van der Waals surface area contributed by atoms with Gasteiger partial charge in [-0.15, -0.1) is 0 Å². The van der Waals surface area contributed by atoms with Gasteiger partial charge in [-0.2, -0.15) is 0 Å². The Hall–Kier alpha value is -2.57. The van der Waals surface area contributed by atoms with Crippen LogP contribution in [-0.4, -0.2) is 30.4 Å². The molecule has 4 aliphatic rings. The number of methoxy groups -OCH3 is 1. The number of Topliss-reactive ketones (excluding diaryl/α,β-unsaturated/α-hetero) is 1. The lowest BCUT2D eigenvalue weighted by Crippen LogP contribution is -2.73. The summed E-state index contributed by atoms with van der Waals surface area (Å²) >= 11 is 6.80. The molecule has 6 rings (SSSR count). The number of amides is 1. The molecule has 0 saturated heterocycles. The van der Waals surface area contributed by atoms with Gasteiger partial charge in [-0.25, -0.2) is 0 Å². The molecule has 1 amide bonds. The first-order chi connectivity index (χ1) is 17.5. The molecule has 2 fully saturated rings. The number of fused-ring (bicyclic) bond motifs is 3. The summed E-state index contributed by atoms with van der Waals surface area (Å²) in [6.07, 6.45) is 3.14. The standard InChI is InChI=1S/C30H35ClN2O4/c1-15-10-11-21-28(2,3)26(34)19(32)14-30(21)29(15,4)13-16-12-18(31)22-23(25(16)37-30)24(33-27(22)35)17-8-6-7-9-20(17)36-5/h6-9,12,15,19,21,24H,10-11,13-14,32H2,1-5H3,(H,33,35)/t15-,19?,21-,24?,29+,30-/m0/s1. The van der Waals surface area contributed by atoms with Gasteiger partial charge in [0, 0.05) is 34.3 Å². The van der Waals surface area contributed by atoms with Crippen molar-refractivity contribution in [2.24, 2.45) is 28.4 Å². The van der Waals surface area contributed by atoms with Gasteiger partial charge in [0.1, 0.15) is 17.1 Å². The summed E-state index contributed by atoms with van der Waals surface area (Å²) in [7, 11) is 1.63. The van der Waals surface area contributed by atoms with Crippen molar-refractivity contribution in [1.82, 2.24) is 5.32 Å². The van der Waals surface area contributed by atoms with E-state index in [9.17, 15) is 9.59 Å². The third-order valence-corrected chi connectivity index (χ3v) is 10.6. The van der Waals surface area contributed by atoms with Crippen LogP contribution in [-0.2, 0) is 11.2 Å².